The van der Waals surface area contributed by atoms with E-state index in [4.69, 9.17) is 0 Å². The molecule has 0 bridgehead atoms. The van der Waals surface area contributed by atoms with E-state index in [1.165, 1.54) is 0 Å². The highest BCUT2D eigenvalue weighted by Crippen LogP contribution is 2.55. The second-order valence-electron chi connectivity index (χ2n) is 10.9. The molecule has 36 heavy (non-hydrogen) atoms. The molecule has 0 aliphatic rings. The summed E-state index contributed by atoms with van der Waals surface area (Å²) in [6.45, 7) is 19.5. The minimum absolute atomic E-state index is 0.00644. The first-order chi connectivity index (χ1) is 16.7. The molecule has 0 fully saturated rings. The molecular formula is C32H39O3P. The van der Waals surface area contributed by atoms with Gasteiger partial charge in [0.1, 0.15) is 0 Å². The first kappa shape index (κ1) is 27.8. The third-order valence-electron chi connectivity index (χ3n) is 7.01. The highest BCUT2D eigenvalue weighted by molar-refractivity contribution is 8.01. The van der Waals surface area contributed by atoms with Crippen molar-refractivity contribution < 1.29 is 14.2 Å². The van der Waals surface area contributed by atoms with Crippen LogP contribution in [0.5, 0.6) is 0 Å². The smallest absolute Gasteiger partial charge is 0.249 e. The van der Waals surface area contributed by atoms with Gasteiger partial charge in [0.25, 0.3) is 0 Å². The normalized spacial score (nSPS) is 11.9. The molecule has 0 aromatic heterocycles. The van der Waals surface area contributed by atoms with Crippen LogP contribution in [-0.4, -0.2) is 11.0 Å². The number of rotatable bonds is 7. The fourth-order valence-electron chi connectivity index (χ4n) is 5.52. The highest BCUT2D eigenvalue weighted by atomic mass is 31.2. The first-order valence-corrected chi connectivity index (χ1v) is 14.4. The van der Waals surface area contributed by atoms with Crippen LogP contribution in [0.4, 0.5) is 0 Å². The predicted molar refractivity (Wildman–Crippen MR) is 152 cm³/mol. The molecule has 0 heterocycles. The molecule has 0 unspecified atom stereocenters. The lowest BCUT2D eigenvalue weighted by Crippen LogP contribution is -2.29. The van der Waals surface area contributed by atoms with Gasteiger partial charge in [-0.3, -0.25) is 9.59 Å². The van der Waals surface area contributed by atoms with Crippen LogP contribution in [0.3, 0.4) is 0 Å². The lowest BCUT2D eigenvalue weighted by Gasteiger charge is -2.27. The molecule has 0 radical (unpaired) electrons. The van der Waals surface area contributed by atoms with Gasteiger partial charge in [-0.25, -0.2) is 0 Å². The Kier molecular flexibility index (Phi) is 7.96. The van der Waals surface area contributed by atoms with Crippen LogP contribution in [-0.2, 0) is 4.57 Å². The predicted octanol–water partition coefficient (Wildman–Crippen LogP) is 8.45. The quantitative estimate of drug-likeness (QED) is 0.305. The van der Waals surface area contributed by atoms with E-state index in [-0.39, 0.29) is 11.8 Å². The average Bonchev–Trinajstić information content (AvgIpc) is 2.76. The third kappa shape index (κ3) is 4.78. The van der Waals surface area contributed by atoms with Gasteiger partial charge in [0.05, 0.1) is 0 Å². The topological polar surface area (TPSA) is 51.2 Å². The van der Waals surface area contributed by atoms with Crippen molar-refractivity contribution in [2.45, 2.75) is 81.1 Å². The Bertz CT molecular complexity index is 1260. The molecule has 0 saturated carbocycles. The summed E-state index contributed by atoms with van der Waals surface area (Å²) in [7, 11) is -4.30. The maximum absolute atomic E-state index is 15.5. The molecule has 0 N–H and O–H groups in total. The molecule has 3 aromatic carbocycles. The average molecular weight is 503 g/mol. The summed E-state index contributed by atoms with van der Waals surface area (Å²) in [6.07, 6.45) is 0. The molecule has 0 aliphatic carbocycles. The standard InChI is InChI=1S/C32H39O3P/c1-18(2)26-12-11-13-27(19(3)4)30(26)36(35,31(33)28-22(7)14-20(5)15-23(28)8)32(34)29-24(9)16-21(6)17-25(29)10/h11-19H,1-10H3. The Hall–Kier alpha value is -2.77. The Morgan fingerprint density at radius 1 is 0.611 bits per heavy atom. The maximum Gasteiger partial charge on any atom is 0.249 e. The number of benzene rings is 3. The third-order valence-corrected chi connectivity index (χ3v) is 9.75. The molecule has 0 saturated heterocycles. The molecule has 0 amide bonds. The minimum atomic E-state index is -4.30. The van der Waals surface area contributed by atoms with Gasteiger partial charge in [-0.2, -0.15) is 0 Å². The summed E-state index contributed by atoms with van der Waals surface area (Å²) in [5, 5.41) is 0.434. The van der Waals surface area contributed by atoms with E-state index in [0.717, 1.165) is 44.5 Å². The van der Waals surface area contributed by atoms with Gasteiger partial charge in [0.15, 0.2) is 0 Å². The van der Waals surface area contributed by atoms with Crippen molar-refractivity contribution in [1.82, 2.24) is 0 Å². The summed E-state index contributed by atoms with van der Waals surface area (Å²) in [6, 6.07) is 13.5. The van der Waals surface area contributed by atoms with Gasteiger partial charge >= 0.3 is 0 Å². The van der Waals surface area contributed by atoms with Crippen LogP contribution in [0, 0.1) is 41.5 Å². The first-order valence-electron chi connectivity index (χ1n) is 12.7. The Morgan fingerprint density at radius 3 is 1.19 bits per heavy atom. The van der Waals surface area contributed by atoms with Crippen LogP contribution >= 0.6 is 7.14 Å². The van der Waals surface area contributed by atoms with Crippen molar-refractivity contribution in [3.63, 3.8) is 0 Å². The van der Waals surface area contributed by atoms with Gasteiger partial charge < -0.3 is 4.57 Å². The number of carbonyl (C=O) groups is 2. The van der Waals surface area contributed by atoms with Gasteiger partial charge in [-0.15, -0.1) is 0 Å². The molecular weight excluding hydrogens is 463 g/mol. The fraction of sp³-hybridized carbons (Fsp3) is 0.375. The van der Waals surface area contributed by atoms with Crippen LogP contribution < -0.4 is 5.30 Å². The van der Waals surface area contributed by atoms with E-state index < -0.39 is 18.2 Å². The number of hydrogen-bond acceptors (Lipinski definition) is 3. The molecule has 3 rings (SSSR count). The molecule has 0 spiro atoms. The summed E-state index contributed by atoms with van der Waals surface area (Å²) < 4.78 is 15.5. The van der Waals surface area contributed by atoms with Crippen molar-refractivity contribution >= 4 is 23.5 Å². The van der Waals surface area contributed by atoms with Gasteiger partial charge in [-0.1, -0.05) is 81.3 Å². The van der Waals surface area contributed by atoms with Crippen LogP contribution in [0.25, 0.3) is 0 Å². The number of hydrogen-bond donors (Lipinski definition) is 0. The van der Waals surface area contributed by atoms with E-state index >= 15 is 4.57 Å². The molecule has 0 atom stereocenters. The Balaban J connectivity index is 2.52. The molecule has 4 heteroatoms. The van der Waals surface area contributed by atoms with E-state index in [0.29, 0.717) is 16.4 Å². The molecule has 3 aromatic rings. The number of aryl methyl sites for hydroxylation is 6. The summed E-state index contributed by atoms with van der Waals surface area (Å²) in [5.41, 5.74) is 6.32. The van der Waals surface area contributed by atoms with Crippen molar-refractivity contribution in [2.24, 2.45) is 0 Å². The Labute approximate surface area is 216 Å². The second kappa shape index (κ2) is 10.3. The van der Waals surface area contributed by atoms with Crippen molar-refractivity contribution in [2.75, 3.05) is 0 Å². The summed E-state index contributed by atoms with van der Waals surface area (Å²) >= 11 is 0. The van der Waals surface area contributed by atoms with Crippen LogP contribution in [0.2, 0.25) is 0 Å². The van der Waals surface area contributed by atoms with E-state index in [1.807, 2.05) is 112 Å². The minimum Gasteiger partial charge on any atom is -0.302 e. The summed E-state index contributed by atoms with van der Waals surface area (Å²) in [4.78, 5) is 29.2. The zero-order valence-electron chi connectivity index (χ0n) is 23.4. The maximum atomic E-state index is 15.5. The van der Waals surface area contributed by atoms with Gasteiger partial charge in [-0.05, 0) is 86.8 Å². The molecule has 3 nitrogen and oxygen atoms in total. The second-order valence-corrected chi connectivity index (χ2v) is 13.3. The van der Waals surface area contributed by atoms with Crippen LogP contribution in [0.1, 0.15) is 105 Å². The zero-order valence-corrected chi connectivity index (χ0v) is 24.3. The lowest BCUT2D eigenvalue weighted by atomic mass is 9.95. The van der Waals surface area contributed by atoms with E-state index in [9.17, 15) is 9.59 Å². The van der Waals surface area contributed by atoms with Crippen molar-refractivity contribution in [3.8, 4) is 0 Å². The van der Waals surface area contributed by atoms with Crippen molar-refractivity contribution in [1.29, 1.82) is 0 Å². The highest BCUT2D eigenvalue weighted by Gasteiger charge is 2.47. The molecule has 0 aliphatic heterocycles. The lowest BCUT2D eigenvalue weighted by molar-refractivity contribution is 0.104. The molecule has 190 valence electrons. The Morgan fingerprint density at radius 2 is 0.917 bits per heavy atom. The number of carbonyl (C=O) groups excluding carboxylic acids is 2. The monoisotopic (exact) mass is 502 g/mol. The van der Waals surface area contributed by atoms with E-state index in [2.05, 4.69) is 0 Å². The largest absolute Gasteiger partial charge is 0.302 e. The van der Waals surface area contributed by atoms with Gasteiger partial charge in [0.2, 0.25) is 18.2 Å². The van der Waals surface area contributed by atoms with Crippen LogP contribution in [0.15, 0.2) is 42.5 Å². The van der Waals surface area contributed by atoms with Gasteiger partial charge in [0, 0.05) is 16.4 Å². The SMILES string of the molecule is Cc1cc(C)c(C(=O)P(=O)(C(=O)c2c(C)cc(C)cc2C)c2c(C(C)C)cccc2C(C)C)c(C)c1. The van der Waals surface area contributed by atoms with Crippen molar-refractivity contribution in [3.05, 3.63) is 98.1 Å². The summed E-state index contributed by atoms with van der Waals surface area (Å²) in [5.74, 6) is -0.0129. The van der Waals surface area contributed by atoms with E-state index in [1.54, 1.807) is 0 Å². The fourth-order valence-corrected chi connectivity index (χ4v) is 8.84. The zero-order chi connectivity index (χ0) is 27.1.